The summed E-state index contributed by atoms with van der Waals surface area (Å²) in [6.07, 6.45) is 5.61. The third-order valence-corrected chi connectivity index (χ3v) is 4.74. The molecule has 2 amide bonds. The van der Waals surface area contributed by atoms with Gasteiger partial charge in [-0.05, 0) is 25.7 Å². The van der Waals surface area contributed by atoms with E-state index in [9.17, 15) is 9.59 Å². The smallest absolute Gasteiger partial charge is 0.350 e. The van der Waals surface area contributed by atoms with Crippen LogP contribution in [0.25, 0.3) is 0 Å². The number of esters is 1. The number of ether oxygens (including phenoxy) is 1. The van der Waals surface area contributed by atoms with Gasteiger partial charge in [0.25, 0.3) is 0 Å². The van der Waals surface area contributed by atoms with Gasteiger partial charge in [-0.3, -0.25) is 5.32 Å². The number of aromatic nitrogens is 1. The summed E-state index contributed by atoms with van der Waals surface area (Å²) in [6, 6.07) is -0.0203. The molecule has 0 radical (unpaired) electrons. The Morgan fingerprint density at radius 1 is 1.30 bits per heavy atom. The molecule has 1 aliphatic rings. The molecule has 0 saturated heterocycles. The van der Waals surface area contributed by atoms with Crippen LogP contribution in [0.5, 0.6) is 0 Å². The predicted molar refractivity (Wildman–Crippen MR) is 91.0 cm³/mol. The monoisotopic (exact) mass is 339 g/mol. The van der Waals surface area contributed by atoms with Gasteiger partial charge in [-0.25, -0.2) is 14.6 Å². The van der Waals surface area contributed by atoms with Crippen LogP contribution in [0.4, 0.5) is 9.93 Å². The summed E-state index contributed by atoms with van der Waals surface area (Å²) in [6.45, 7) is 6.08. The molecule has 0 aromatic carbocycles. The Morgan fingerprint density at radius 3 is 2.65 bits per heavy atom. The number of amides is 2. The van der Waals surface area contributed by atoms with Crippen molar-refractivity contribution in [2.45, 2.75) is 58.9 Å². The molecule has 1 aromatic heterocycles. The van der Waals surface area contributed by atoms with Gasteiger partial charge in [0.2, 0.25) is 0 Å². The minimum Gasteiger partial charge on any atom is -0.461 e. The highest BCUT2D eigenvalue weighted by molar-refractivity contribution is 7.17. The summed E-state index contributed by atoms with van der Waals surface area (Å²) in [7, 11) is 0. The van der Waals surface area contributed by atoms with Gasteiger partial charge in [-0.1, -0.05) is 44.4 Å². The van der Waals surface area contributed by atoms with E-state index in [0.717, 1.165) is 37.0 Å². The van der Waals surface area contributed by atoms with Crippen molar-refractivity contribution in [1.82, 2.24) is 10.3 Å². The van der Waals surface area contributed by atoms with Crippen molar-refractivity contribution < 1.29 is 14.3 Å². The third kappa shape index (κ3) is 5.49. The molecule has 1 heterocycles. The van der Waals surface area contributed by atoms with Crippen LogP contribution in [0.3, 0.4) is 0 Å². The Kier molecular flexibility index (Phi) is 6.38. The van der Waals surface area contributed by atoms with Crippen molar-refractivity contribution in [2.24, 2.45) is 5.92 Å². The topological polar surface area (TPSA) is 80.3 Å². The second-order valence-electron chi connectivity index (χ2n) is 6.36. The standard InChI is InChI=1S/C16H25N3O3S/c1-10(2)9-22-14(20)13-11(3)17-16(23-13)19-15(21)18-12-7-5-4-6-8-12/h10,12H,4-9H2,1-3H3,(H2,17,18,19,21). The SMILES string of the molecule is Cc1nc(NC(=O)NC2CCCCC2)sc1C(=O)OCC(C)C. The molecule has 23 heavy (non-hydrogen) atoms. The molecule has 0 unspecified atom stereocenters. The van der Waals surface area contributed by atoms with Crippen molar-refractivity contribution in [3.05, 3.63) is 10.6 Å². The van der Waals surface area contributed by atoms with Crippen LogP contribution < -0.4 is 10.6 Å². The average Bonchev–Trinajstić information content (AvgIpc) is 2.86. The summed E-state index contributed by atoms with van der Waals surface area (Å²) in [5.41, 5.74) is 0.580. The number of carbonyl (C=O) groups is 2. The minimum absolute atomic E-state index is 0.236. The first-order valence-corrected chi connectivity index (χ1v) is 8.99. The Morgan fingerprint density at radius 2 is 2.00 bits per heavy atom. The zero-order valence-electron chi connectivity index (χ0n) is 14.0. The van der Waals surface area contributed by atoms with E-state index in [1.807, 2.05) is 13.8 Å². The van der Waals surface area contributed by atoms with E-state index in [4.69, 9.17) is 4.74 Å². The quantitative estimate of drug-likeness (QED) is 0.801. The zero-order valence-corrected chi connectivity index (χ0v) is 14.8. The second kappa shape index (κ2) is 8.29. The number of thiazole rings is 1. The first-order valence-electron chi connectivity index (χ1n) is 8.17. The first-order chi connectivity index (χ1) is 11.0. The average molecular weight is 339 g/mol. The maximum Gasteiger partial charge on any atom is 0.350 e. The highest BCUT2D eigenvalue weighted by Crippen LogP contribution is 2.24. The van der Waals surface area contributed by atoms with Crippen LogP contribution in [0.15, 0.2) is 0 Å². The summed E-state index contributed by atoms with van der Waals surface area (Å²) in [5.74, 6) is -0.0968. The van der Waals surface area contributed by atoms with E-state index >= 15 is 0 Å². The fourth-order valence-corrected chi connectivity index (χ4v) is 3.37. The molecule has 0 spiro atoms. The molecule has 0 aliphatic heterocycles. The van der Waals surface area contributed by atoms with Gasteiger partial charge in [0.15, 0.2) is 5.13 Å². The largest absolute Gasteiger partial charge is 0.461 e. The molecule has 7 heteroatoms. The van der Waals surface area contributed by atoms with E-state index in [-0.39, 0.29) is 24.0 Å². The normalized spacial score (nSPS) is 15.5. The van der Waals surface area contributed by atoms with E-state index in [1.165, 1.54) is 6.42 Å². The lowest BCUT2D eigenvalue weighted by atomic mass is 9.96. The first kappa shape index (κ1) is 17.7. The lowest BCUT2D eigenvalue weighted by molar-refractivity contribution is 0.0463. The van der Waals surface area contributed by atoms with E-state index < -0.39 is 0 Å². The number of carbonyl (C=O) groups excluding carboxylic acids is 2. The molecule has 1 fully saturated rings. The van der Waals surface area contributed by atoms with Crippen molar-refractivity contribution in [2.75, 3.05) is 11.9 Å². The molecular weight excluding hydrogens is 314 g/mol. The Bertz CT molecular complexity index is 551. The second-order valence-corrected chi connectivity index (χ2v) is 7.36. The molecule has 0 bridgehead atoms. The Labute approximate surface area is 141 Å². The van der Waals surface area contributed by atoms with Crippen molar-refractivity contribution in [3.8, 4) is 0 Å². The van der Waals surface area contributed by atoms with E-state index in [1.54, 1.807) is 6.92 Å². The van der Waals surface area contributed by atoms with E-state index in [0.29, 0.717) is 22.3 Å². The number of rotatable bonds is 5. The molecule has 0 atom stereocenters. The number of anilines is 1. The predicted octanol–water partition coefficient (Wildman–Crippen LogP) is 3.72. The number of urea groups is 1. The molecule has 128 valence electrons. The van der Waals surface area contributed by atoms with Crippen LogP contribution in [-0.4, -0.2) is 29.6 Å². The molecule has 2 rings (SSSR count). The van der Waals surface area contributed by atoms with Crippen LogP contribution >= 0.6 is 11.3 Å². The maximum absolute atomic E-state index is 12.0. The number of hydrogen-bond donors (Lipinski definition) is 2. The third-order valence-electron chi connectivity index (χ3n) is 3.69. The minimum atomic E-state index is -0.380. The lowest BCUT2D eigenvalue weighted by Gasteiger charge is -2.22. The number of hydrogen-bond acceptors (Lipinski definition) is 5. The fourth-order valence-electron chi connectivity index (χ4n) is 2.51. The summed E-state index contributed by atoms with van der Waals surface area (Å²) in [4.78, 5) is 28.7. The van der Waals surface area contributed by atoms with Crippen LogP contribution in [0, 0.1) is 12.8 Å². The molecule has 1 aliphatic carbocycles. The van der Waals surface area contributed by atoms with Crippen LogP contribution in [0.2, 0.25) is 0 Å². The molecule has 6 nitrogen and oxygen atoms in total. The van der Waals surface area contributed by atoms with Gasteiger partial charge in [0.05, 0.1) is 12.3 Å². The fraction of sp³-hybridized carbons (Fsp3) is 0.688. The number of aryl methyl sites for hydroxylation is 1. The molecular formula is C16H25N3O3S. The lowest BCUT2D eigenvalue weighted by Crippen LogP contribution is -2.38. The summed E-state index contributed by atoms with van der Waals surface area (Å²) >= 11 is 1.15. The van der Waals surface area contributed by atoms with Crippen molar-refractivity contribution in [1.29, 1.82) is 0 Å². The molecule has 2 N–H and O–H groups in total. The summed E-state index contributed by atoms with van der Waals surface area (Å²) in [5, 5.41) is 6.11. The van der Waals surface area contributed by atoms with Gasteiger partial charge in [0.1, 0.15) is 4.88 Å². The van der Waals surface area contributed by atoms with Gasteiger partial charge >= 0.3 is 12.0 Å². The highest BCUT2D eigenvalue weighted by Gasteiger charge is 2.20. The molecule has 1 saturated carbocycles. The van der Waals surface area contributed by atoms with E-state index in [2.05, 4.69) is 15.6 Å². The zero-order chi connectivity index (χ0) is 16.8. The van der Waals surface area contributed by atoms with Crippen molar-refractivity contribution >= 4 is 28.5 Å². The van der Waals surface area contributed by atoms with Crippen LogP contribution in [-0.2, 0) is 4.74 Å². The van der Waals surface area contributed by atoms with Gasteiger partial charge in [-0.2, -0.15) is 0 Å². The Hall–Kier alpha value is -1.63. The number of nitrogens with one attached hydrogen (secondary N) is 2. The van der Waals surface area contributed by atoms with Crippen molar-refractivity contribution in [3.63, 3.8) is 0 Å². The van der Waals surface area contributed by atoms with Crippen LogP contribution in [0.1, 0.15) is 61.3 Å². The van der Waals surface area contributed by atoms with Gasteiger partial charge in [0, 0.05) is 6.04 Å². The Balaban J connectivity index is 1.89. The molecule has 1 aromatic rings. The van der Waals surface area contributed by atoms with Gasteiger partial charge in [-0.15, -0.1) is 0 Å². The number of nitrogens with zero attached hydrogens (tertiary/aromatic N) is 1. The summed E-state index contributed by atoms with van der Waals surface area (Å²) < 4.78 is 5.21. The highest BCUT2D eigenvalue weighted by atomic mass is 32.1. The maximum atomic E-state index is 12.0. The van der Waals surface area contributed by atoms with Gasteiger partial charge < -0.3 is 10.1 Å².